The van der Waals surface area contributed by atoms with Gasteiger partial charge >= 0.3 is 12.0 Å². The fourth-order valence-electron chi connectivity index (χ4n) is 1.92. The Morgan fingerprint density at radius 2 is 1.81 bits per heavy atom. The van der Waals surface area contributed by atoms with E-state index in [1.165, 1.54) is 6.92 Å². The van der Waals surface area contributed by atoms with Crippen molar-refractivity contribution in [2.24, 2.45) is 5.41 Å². The minimum Gasteiger partial charge on any atom is -0.481 e. The van der Waals surface area contributed by atoms with Crippen LogP contribution in [-0.4, -0.2) is 29.6 Å². The average molecular weight is 291 g/mol. The molecule has 0 atom stereocenters. The highest BCUT2D eigenvalue weighted by atomic mass is 16.4. The predicted octanol–water partition coefficient (Wildman–Crippen LogP) is 1.63. The van der Waals surface area contributed by atoms with E-state index in [1.54, 1.807) is 24.3 Å². The number of amides is 3. The second-order valence-corrected chi connectivity index (χ2v) is 5.16. The Hall–Kier alpha value is -2.57. The first-order valence-electron chi connectivity index (χ1n) is 6.57. The van der Waals surface area contributed by atoms with Crippen molar-refractivity contribution >= 4 is 29.3 Å². The lowest BCUT2D eigenvalue weighted by Gasteiger charge is -2.12. The van der Waals surface area contributed by atoms with Gasteiger partial charge in [-0.25, -0.2) is 4.79 Å². The van der Waals surface area contributed by atoms with Gasteiger partial charge in [-0.15, -0.1) is 0 Å². The highest BCUT2D eigenvalue weighted by Gasteiger charge is 2.50. The maximum absolute atomic E-state index is 11.7. The van der Waals surface area contributed by atoms with Crippen molar-refractivity contribution in [2.75, 3.05) is 17.2 Å². The first-order chi connectivity index (χ1) is 9.91. The van der Waals surface area contributed by atoms with E-state index in [-0.39, 0.29) is 12.5 Å². The summed E-state index contributed by atoms with van der Waals surface area (Å²) in [5, 5.41) is 16.8. The monoisotopic (exact) mass is 291 g/mol. The SMILES string of the molecule is CC(=O)Nc1cccc(NC(=O)NCC2(C(=O)O)CC2)c1. The molecule has 0 aliphatic heterocycles. The van der Waals surface area contributed by atoms with Crippen LogP contribution in [0.2, 0.25) is 0 Å². The largest absolute Gasteiger partial charge is 0.481 e. The van der Waals surface area contributed by atoms with Crippen LogP contribution in [0.5, 0.6) is 0 Å². The van der Waals surface area contributed by atoms with Crippen LogP contribution in [-0.2, 0) is 9.59 Å². The second-order valence-electron chi connectivity index (χ2n) is 5.16. The number of benzene rings is 1. The van der Waals surface area contributed by atoms with Crippen LogP contribution < -0.4 is 16.0 Å². The van der Waals surface area contributed by atoms with Crippen LogP contribution in [0.4, 0.5) is 16.2 Å². The van der Waals surface area contributed by atoms with Crippen molar-refractivity contribution in [3.8, 4) is 0 Å². The molecule has 4 N–H and O–H groups in total. The number of urea groups is 1. The molecule has 1 aliphatic carbocycles. The maximum Gasteiger partial charge on any atom is 0.319 e. The highest BCUT2D eigenvalue weighted by Crippen LogP contribution is 2.45. The van der Waals surface area contributed by atoms with Gasteiger partial charge in [0.15, 0.2) is 0 Å². The van der Waals surface area contributed by atoms with Gasteiger partial charge < -0.3 is 21.1 Å². The molecule has 1 aromatic rings. The number of nitrogens with one attached hydrogen (secondary N) is 3. The Balaban J connectivity index is 1.88. The van der Waals surface area contributed by atoms with Gasteiger partial charge in [0.25, 0.3) is 0 Å². The number of anilines is 2. The molecule has 3 amide bonds. The molecule has 1 fully saturated rings. The molecular formula is C14H17N3O4. The summed E-state index contributed by atoms with van der Waals surface area (Å²) in [6, 6.07) is 6.22. The molecule has 0 saturated heterocycles. The lowest BCUT2D eigenvalue weighted by molar-refractivity contribution is -0.143. The van der Waals surface area contributed by atoms with Crippen molar-refractivity contribution in [1.82, 2.24) is 5.32 Å². The number of rotatable bonds is 5. The summed E-state index contributed by atoms with van der Waals surface area (Å²) in [7, 11) is 0. The third-order valence-electron chi connectivity index (χ3n) is 3.34. The van der Waals surface area contributed by atoms with Crippen LogP contribution in [0.1, 0.15) is 19.8 Å². The van der Waals surface area contributed by atoms with Gasteiger partial charge in [0.2, 0.25) is 5.91 Å². The molecule has 1 saturated carbocycles. The number of carboxylic acids is 1. The summed E-state index contributed by atoms with van der Waals surface area (Å²) in [4.78, 5) is 33.7. The number of aliphatic carboxylic acids is 1. The molecule has 0 radical (unpaired) electrons. The van der Waals surface area contributed by atoms with Gasteiger partial charge in [0.1, 0.15) is 0 Å². The third-order valence-corrected chi connectivity index (χ3v) is 3.34. The molecule has 1 aliphatic rings. The van der Waals surface area contributed by atoms with E-state index in [1.807, 2.05) is 0 Å². The minimum absolute atomic E-state index is 0.111. The second kappa shape index (κ2) is 5.82. The van der Waals surface area contributed by atoms with E-state index in [0.717, 1.165) is 0 Å². The molecule has 0 heterocycles. The zero-order valence-electron chi connectivity index (χ0n) is 11.6. The smallest absolute Gasteiger partial charge is 0.319 e. The molecule has 2 rings (SSSR count). The van der Waals surface area contributed by atoms with Crippen LogP contribution in [0.3, 0.4) is 0 Å². The highest BCUT2D eigenvalue weighted by molar-refractivity contribution is 5.92. The van der Waals surface area contributed by atoms with Crippen molar-refractivity contribution in [3.05, 3.63) is 24.3 Å². The van der Waals surface area contributed by atoms with Gasteiger partial charge in [-0.1, -0.05) is 6.07 Å². The van der Waals surface area contributed by atoms with Gasteiger partial charge in [0.05, 0.1) is 5.41 Å². The maximum atomic E-state index is 11.7. The molecular weight excluding hydrogens is 274 g/mol. The standard InChI is InChI=1S/C14H17N3O4/c1-9(18)16-10-3-2-4-11(7-10)17-13(21)15-8-14(5-6-14)12(19)20/h2-4,7H,5-6,8H2,1H3,(H,16,18)(H,19,20)(H2,15,17,21). The molecule has 0 aromatic heterocycles. The molecule has 0 bridgehead atoms. The fraction of sp³-hybridized carbons (Fsp3) is 0.357. The Morgan fingerprint density at radius 3 is 2.33 bits per heavy atom. The first-order valence-corrected chi connectivity index (χ1v) is 6.57. The number of hydrogen-bond donors (Lipinski definition) is 4. The van der Waals surface area contributed by atoms with E-state index in [9.17, 15) is 14.4 Å². The van der Waals surface area contributed by atoms with E-state index < -0.39 is 17.4 Å². The lowest BCUT2D eigenvalue weighted by Crippen LogP contribution is -2.36. The van der Waals surface area contributed by atoms with Crippen molar-refractivity contribution < 1.29 is 19.5 Å². The quantitative estimate of drug-likeness (QED) is 0.661. The summed E-state index contributed by atoms with van der Waals surface area (Å²) in [6.45, 7) is 1.51. The van der Waals surface area contributed by atoms with Crippen molar-refractivity contribution in [2.45, 2.75) is 19.8 Å². The van der Waals surface area contributed by atoms with Crippen LogP contribution in [0, 0.1) is 5.41 Å². The summed E-state index contributed by atoms with van der Waals surface area (Å²) >= 11 is 0. The summed E-state index contributed by atoms with van der Waals surface area (Å²) in [6.07, 6.45) is 1.17. The molecule has 0 unspecified atom stereocenters. The number of carboxylic acid groups (broad SMARTS) is 1. The van der Waals surface area contributed by atoms with Crippen LogP contribution in [0.15, 0.2) is 24.3 Å². The normalized spacial score (nSPS) is 14.9. The molecule has 7 nitrogen and oxygen atoms in total. The number of hydrogen-bond acceptors (Lipinski definition) is 3. The number of carbonyl (C=O) groups excluding carboxylic acids is 2. The van der Waals surface area contributed by atoms with Gasteiger partial charge in [-0.2, -0.15) is 0 Å². The Bertz CT molecular complexity index is 581. The summed E-state index contributed by atoms with van der Waals surface area (Å²) in [5.74, 6) is -1.08. The number of carbonyl (C=O) groups is 3. The van der Waals surface area contributed by atoms with E-state index in [2.05, 4.69) is 16.0 Å². The van der Waals surface area contributed by atoms with E-state index in [4.69, 9.17) is 5.11 Å². The summed E-state index contributed by atoms with van der Waals surface area (Å²) < 4.78 is 0. The van der Waals surface area contributed by atoms with Crippen LogP contribution >= 0.6 is 0 Å². The molecule has 7 heteroatoms. The van der Waals surface area contributed by atoms with Gasteiger partial charge in [-0.05, 0) is 31.0 Å². The summed E-state index contributed by atoms with van der Waals surface area (Å²) in [5.41, 5.74) is 0.290. The zero-order chi connectivity index (χ0) is 15.5. The average Bonchev–Trinajstić information content (AvgIpc) is 3.17. The van der Waals surface area contributed by atoms with Crippen LogP contribution in [0.25, 0.3) is 0 Å². The van der Waals surface area contributed by atoms with Gasteiger partial charge in [-0.3, -0.25) is 9.59 Å². The topological polar surface area (TPSA) is 108 Å². The fourth-order valence-corrected chi connectivity index (χ4v) is 1.92. The Morgan fingerprint density at radius 1 is 1.19 bits per heavy atom. The minimum atomic E-state index is -0.879. The molecule has 112 valence electrons. The third kappa shape index (κ3) is 3.95. The van der Waals surface area contributed by atoms with E-state index >= 15 is 0 Å². The first kappa shape index (κ1) is 14.8. The van der Waals surface area contributed by atoms with Gasteiger partial charge in [0, 0.05) is 24.8 Å². The lowest BCUT2D eigenvalue weighted by atomic mass is 10.1. The van der Waals surface area contributed by atoms with E-state index in [0.29, 0.717) is 24.2 Å². The molecule has 1 aromatic carbocycles. The molecule has 21 heavy (non-hydrogen) atoms. The zero-order valence-corrected chi connectivity index (χ0v) is 11.6. The molecule has 0 spiro atoms. The Kier molecular flexibility index (Phi) is 4.11. The Labute approximate surface area is 121 Å². The predicted molar refractivity (Wildman–Crippen MR) is 77.1 cm³/mol. The van der Waals surface area contributed by atoms with Crippen molar-refractivity contribution in [1.29, 1.82) is 0 Å². The van der Waals surface area contributed by atoms with Crippen molar-refractivity contribution in [3.63, 3.8) is 0 Å².